The third kappa shape index (κ3) is 2.53. The van der Waals surface area contributed by atoms with Gasteiger partial charge in [-0.25, -0.2) is 9.97 Å². The number of anilines is 2. The Kier molecular flexibility index (Phi) is 3.67. The van der Waals surface area contributed by atoms with E-state index in [0.29, 0.717) is 0 Å². The fourth-order valence-electron chi connectivity index (χ4n) is 2.83. The summed E-state index contributed by atoms with van der Waals surface area (Å²) < 4.78 is 1.85. The number of hydrogen-bond acceptors (Lipinski definition) is 4. The molecule has 20 heavy (non-hydrogen) atoms. The van der Waals surface area contributed by atoms with Crippen molar-refractivity contribution >= 4 is 11.5 Å². The number of nitrogens with one attached hydrogen (secondary N) is 1. The number of hydrogen-bond donors (Lipinski definition) is 1. The summed E-state index contributed by atoms with van der Waals surface area (Å²) >= 11 is 0. The van der Waals surface area contributed by atoms with Crippen LogP contribution in [0.2, 0.25) is 0 Å². The van der Waals surface area contributed by atoms with E-state index in [1.807, 2.05) is 17.9 Å². The van der Waals surface area contributed by atoms with Crippen molar-refractivity contribution in [3.05, 3.63) is 29.5 Å². The molecule has 5 heteroatoms. The molecule has 0 atom stereocenters. The number of fused-ring (bicyclic) bond motifs is 1. The maximum absolute atomic E-state index is 4.47. The first-order valence-electron chi connectivity index (χ1n) is 7.40. The molecule has 0 aliphatic heterocycles. The maximum Gasteiger partial charge on any atom is 0.137 e. The molecule has 2 heterocycles. The molecule has 0 unspecified atom stereocenters. The van der Waals surface area contributed by atoms with Crippen LogP contribution >= 0.6 is 0 Å². The smallest absolute Gasteiger partial charge is 0.137 e. The van der Waals surface area contributed by atoms with Crippen LogP contribution in [-0.2, 0) is 26.3 Å². The van der Waals surface area contributed by atoms with Crippen molar-refractivity contribution in [2.24, 2.45) is 7.05 Å². The van der Waals surface area contributed by atoms with Crippen LogP contribution in [0.1, 0.15) is 43.1 Å². The summed E-state index contributed by atoms with van der Waals surface area (Å²) in [5.41, 5.74) is 4.63. The molecule has 0 radical (unpaired) electrons. The van der Waals surface area contributed by atoms with Gasteiger partial charge in [0.25, 0.3) is 0 Å². The van der Waals surface area contributed by atoms with Crippen LogP contribution < -0.4 is 5.32 Å². The number of nitrogens with zero attached hydrogens (tertiary/aromatic N) is 4. The number of aryl methyl sites for hydroxylation is 3. The summed E-state index contributed by atoms with van der Waals surface area (Å²) in [5.74, 6) is 0.958. The molecule has 0 saturated carbocycles. The highest BCUT2D eigenvalue weighted by Gasteiger charge is 2.16. The van der Waals surface area contributed by atoms with Gasteiger partial charge in [-0.1, -0.05) is 13.3 Å². The molecule has 1 N–H and O–H groups in total. The lowest BCUT2D eigenvalue weighted by Crippen LogP contribution is -2.04. The fourth-order valence-corrected chi connectivity index (χ4v) is 2.83. The zero-order valence-electron chi connectivity index (χ0n) is 12.2. The molecule has 106 valence electrons. The summed E-state index contributed by atoms with van der Waals surface area (Å²) in [6.07, 6.45) is 10.5. The molecule has 1 aliphatic carbocycles. The lowest BCUT2D eigenvalue weighted by molar-refractivity contribution is 0.709. The molecule has 0 fully saturated rings. The average molecular weight is 271 g/mol. The Morgan fingerprint density at radius 1 is 1.20 bits per heavy atom. The molecule has 0 spiro atoms. The molecule has 2 aromatic heterocycles. The van der Waals surface area contributed by atoms with Crippen molar-refractivity contribution < 1.29 is 0 Å². The van der Waals surface area contributed by atoms with Gasteiger partial charge in [0.1, 0.15) is 12.1 Å². The number of aromatic nitrogens is 4. The van der Waals surface area contributed by atoms with Gasteiger partial charge in [0, 0.05) is 24.5 Å². The molecule has 1 aliphatic rings. The van der Waals surface area contributed by atoms with Crippen LogP contribution in [0.5, 0.6) is 0 Å². The maximum atomic E-state index is 4.47. The monoisotopic (exact) mass is 271 g/mol. The van der Waals surface area contributed by atoms with Crippen LogP contribution in [0.4, 0.5) is 11.5 Å². The molecule has 0 saturated heterocycles. The third-order valence-corrected chi connectivity index (χ3v) is 3.87. The Morgan fingerprint density at radius 3 is 2.90 bits per heavy atom. The zero-order valence-corrected chi connectivity index (χ0v) is 12.2. The predicted molar refractivity (Wildman–Crippen MR) is 79.2 cm³/mol. The average Bonchev–Trinajstić information content (AvgIpc) is 2.65. The van der Waals surface area contributed by atoms with Crippen LogP contribution in [0.25, 0.3) is 0 Å². The Morgan fingerprint density at radius 2 is 2.05 bits per heavy atom. The van der Waals surface area contributed by atoms with Crippen molar-refractivity contribution in [2.45, 2.75) is 45.4 Å². The van der Waals surface area contributed by atoms with Gasteiger partial charge in [0.2, 0.25) is 0 Å². The Labute approximate surface area is 119 Å². The molecule has 5 nitrogen and oxygen atoms in total. The molecular formula is C15H21N5. The molecule has 0 bridgehead atoms. The minimum Gasteiger partial charge on any atom is -0.337 e. The first kappa shape index (κ1) is 13.1. The molecule has 2 aromatic rings. The SMILES string of the molecule is CCc1nn(C)cc1Nc1ncnc2c1CCCCC2. The van der Waals surface area contributed by atoms with E-state index in [2.05, 4.69) is 27.3 Å². The topological polar surface area (TPSA) is 55.6 Å². The van der Waals surface area contributed by atoms with Gasteiger partial charge in [-0.05, 0) is 32.1 Å². The largest absolute Gasteiger partial charge is 0.337 e. The predicted octanol–water partition coefficient (Wildman–Crippen LogP) is 2.79. The van der Waals surface area contributed by atoms with E-state index in [9.17, 15) is 0 Å². The van der Waals surface area contributed by atoms with E-state index < -0.39 is 0 Å². The van der Waals surface area contributed by atoms with E-state index in [-0.39, 0.29) is 0 Å². The van der Waals surface area contributed by atoms with Crippen LogP contribution in [0.15, 0.2) is 12.5 Å². The molecule has 0 amide bonds. The fraction of sp³-hybridized carbons (Fsp3) is 0.533. The summed E-state index contributed by atoms with van der Waals surface area (Å²) in [7, 11) is 1.95. The van der Waals surface area contributed by atoms with E-state index >= 15 is 0 Å². The van der Waals surface area contributed by atoms with Crippen LogP contribution in [-0.4, -0.2) is 19.7 Å². The summed E-state index contributed by atoms with van der Waals surface area (Å²) in [5, 5.41) is 7.93. The standard InChI is InChI=1S/C15H21N5/c1-3-12-14(9-20(2)19-12)18-15-11-7-5-4-6-8-13(11)16-10-17-15/h9-10H,3-8H2,1-2H3,(H,16,17,18). The summed E-state index contributed by atoms with van der Waals surface area (Å²) in [4.78, 5) is 8.91. The highest BCUT2D eigenvalue weighted by Crippen LogP contribution is 2.27. The van der Waals surface area contributed by atoms with Crippen LogP contribution in [0.3, 0.4) is 0 Å². The van der Waals surface area contributed by atoms with Crippen LogP contribution in [0, 0.1) is 0 Å². The zero-order chi connectivity index (χ0) is 13.9. The van der Waals surface area contributed by atoms with Crippen molar-refractivity contribution in [2.75, 3.05) is 5.32 Å². The molecule has 0 aromatic carbocycles. The second-order valence-electron chi connectivity index (χ2n) is 5.35. The third-order valence-electron chi connectivity index (χ3n) is 3.87. The van der Waals surface area contributed by atoms with Gasteiger partial charge in [0.15, 0.2) is 0 Å². The van der Waals surface area contributed by atoms with Crippen molar-refractivity contribution in [1.82, 2.24) is 19.7 Å². The minimum absolute atomic E-state index is 0.913. The summed E-state index contributed by atoms with van der Waals surface area (Å²) in [6, 6.07) is 0. The van der Waals surface area contributed by atoms with Gasteiger partial charge < -0.3 is 5.32 Å². The highest BCUT2D eigenvalue weighted by molar-refractivity contribution is 5.61. The second kappa shape index (κ2) is 5.61. The molecular weight excluding hydrogens is 250 g/mol. The summed E-state index contributed by atoms with van der Waals surface area (Å²) in [6.45, 7) is 2.12. The van der Waals surface area contributed by atoms with Crippen molar-refractivity contribution in [3.8, 4) is 0 Å². The van der Waals surface area contributed by atoms with Gasteiger partial charge in [-0.15, -0.1) is 0 Å². The Bertz CT molecular complexity index is 602. The van der Waals surface area contributed by atoms with E-state index in [4.69, 9.17) is 0 Å². The first-order chi connectivity index (χ1) is 9.78. The highest BCUT2D eigenvalue weighted by atomic mass is 15.3. The quantitative estimate of drug-likeness (QED) is 0.872. The Hall–Kier alpha value is -1.91. The second-order valence-corrected chi connectivity index (χ2v) is 5.35. The number of rotatable bonds is 3. The first-order valence-corrected chi connectivity index (χ1v) is 7.40. The van der Waals surface area contributed by atoms with Gasteiger partial charge in [-0.2, -0.15) is 5.10 Å². The van der Waals surface area contributed by atoms with Crippen molar-refractivity contribution in [1.29, 1.82) is 0 Å². The normalized spacial score (nSPS) is 14.7. The van der Waals surface area contributed by atoms with Crippen molar-refractivity contribution in [3.63, 3.8) is 0 Å². The van der Waals surface area contributed by atoms with E-state index in [1.165, 1.54) is 30.5 Å². The molecule has 3 rings (SSSR count). The van der Waals surface area contributed by atoms with Gasteiger partial charge >= 0.3 is 0 Å². The Balaban J connectivity index is 1.94. The lowest BCUT2D eigenvalue weighted by Gasteiger charge is -2.11. The lowest BCUT2D eigenvalue weighted by atomic mass is 10.1. The van der Waals surface area contributed by atoms with E-state index in [1.54, 1.807) is 6.33 Å². The van der Waals surface area contributed by atoms with E-state index in [0.717, 1.165) is 36.5 Å². The van der Waals surface area contributed by atoms with Gasteiger partial charge in [-0.3, -0.25) is 4.68 Å². The minimum atomic E-state index is 0.913. The van der Waals surface area contributed by atoms with Gasteiger partial charge in [0.05, 0.1) is 11.4 Å².